The molecule has 0 bridgehead atoms. The summed E-state index contributed by atoms with van der Waals surface area (Å²) in [5.41, 5.74) is 0. The standard InChI is InChI=1S/C17H32O5/c1-14(2)17(18)8-9-20-10-11-21-12-13-22-16-6-4-15(19-3)5-7-16/h14-16H,4-13H2,1-3H3. The Labute approximate surface area is 134 Å². The van der Waals surface area contributed by atoms with Crippen LogP contribution in [0.2, 0.25) is 0 Å². The zero-order chi connectivity index (χ0) is 16.2. The Hall–Kier alpha value is -0.490. The lowest BCUT2D eigenvalue weighted by atomic mass is 9.95. The molecule has 0 aromatic heterocycles. The quantitative estimate of drug-likeness (QED) is 0.518. The number of hydrogen-bond donors (Lipinski definition) is 0. The third-order valence-electron chi connectivity index (χ3n) is 4.04. The van der Waals surface area contributed by atoms with Gasteiger partial charge in [-0.25, -0.2) is 0 Å². The fraction of sp³-hybridized carbons (Fsp3) is 0.941. The maximum Gasteiger partial charge on any atom is 0.137 e. The second-order valence-corrected chi connectivity index (χ2v) is 6.10. The highest BCUT2D eigenvalue weighted by Crippen LogP contribution is 2.22. The van der Waals surface area contributed by atoms with Crippen molar-refractivity contribution in [1.82, 2.24) is 0 Å². The van der Waals surface area contributed by atoms with Gasteiger partial charge in [0.2, 0.25) is 0 Å². The van der Waals surface area contributed by atoms with E-state index >= 15 is 0 Å². The van der Waals surface area contributed by atoms with Crippen molar-refractivity contribution in [2.75, 3.05) is 40.1 Å². The van der Waals surface area contributed by atoms with Crippen LogP contribution in [0.1, 0.15) is 46.0 Å². The van der Waals surface area contributed by atoms with E-state index in [1.54, 1.807) is 7.11 Å². The second kappa shape index (κ2) is 12.0. The first-order valence-corrected chi connectivity index (χ1v) is 8.46. The molecular weight excluding hydrogens is 284 g/mol. The molecule has 0 unspecified atom stereocenters. The van der Waals surface area contributed by atoms with Gasteiger partial charge in [0.05, 0.1) is 45.2 Å². The van der Waals surface area contributed by atoms with Gasteiger partial charge in [-0.3, -0.25) is 4.79 Å². The summed E-state index contributed by atoms with van der Waals surface area (Å²) in [6.45, 7) is 6.62. The topological polar surface area (TPSA) is 54.0 Å². The predicted molar refractivity (Wildman–Crippen MR) is 85.1 cm³/mol. The van der Waals surface area contributed by atoms with E-state index in [2.05, 4.69) is 0 Å². The molecular formula is C17H32O5. The molecule has 5 heteroatoms. The minimum atomic E-state index is 0.0935. The Morgan fingerprint density at radius 2 is 1.45 bits per heavy atom. The highest BCUT2D eigenvalue weighted by Gasteiger charge is 2.20. The molecule has 1 fully saturated rings. The summed E-state index contributed by atoms with van der Waals surface area (Å²) in [5.74, 6) is 0.341. The van der Waals surface area contributed by atoms with Gasteiger partial charge in [-0.2, -0.15) is 0 Å². The highest BCUT2D eigenvalue weighted by molar-refractivity contribution is 5.80. The van der Waals surface area contributed by atoms with Crippen molar-refractivity contribution < 1.29 is 23.7 Å². The minimum absolute atomic E-state index is 0.0935. The smallest absolute Gasteiger partial charge is 0.137 e. The molecule has 0 heterocycles. The zero-order valence-electron chi connectivity index (χ0n) is 14.3. The molecule has 1 rings (SSSR count). The summed E-state index contributed by atoms with van der Waals surface area (Å²) in [6, 6.07) is 0. The van der Waals surface area contributed by atoms with Gasteiger partial charge in [0, 0.05) is 19.4 Å². The van der Waals surface area contributed by atoms with E-state index in [1.807, 2.05) is 13.8 Å². The van der Waals surface area contributed by atoms with Crippen LogP contribution in [0.5, 0.6) is 0 Å². The van der Waals surface area contributed by atoms with Crippen LogP contribution < -0.4 is 0 Å². The number of carbonyl (C=O) groups excluding carboxylic acids is 1. The highest BCUT2D eigenvalue weighted by atomic mass is 16.5. The lowest BCUT2D eigenvalue weighted by Gasteiger charge is -2.27. The zero-order valence-corrected chi connectivity index (χ0v) is 14.3. The van der Waals surface area contributed by atoms with Crippen LogP contribution in [0.25, 0.3) is 0 Å². The van der Waals surface area contributed by atoms with Crippen molar-refractivity contribution >= 4 is 5.78 Å². The van der Waals surface area contributed by atoms with Gasteiger partial charge in [0.1, 0.15) is 5.78 Å². The Balaban J connectivity index is 1.83. The summed E-state index contributed by atoms with van der Waals surface area (Å²) < 4.78 is 22.0. The number of hydrogen-bond acceptors (Lipinski definition) is 5. The fourth-order valence-corrected chi connectivity index (χ4v) is 2.49. The summed E-state index contributed by atoms with van der Waals surface area (Å²) in [7, 11) is 1.78. The molecule has 0 amide bonds. The molecule has 0 atom stereocenters. The summed E-state index contributed by atoms with van der Waals surface area (Å²) in [4.78, 5) is 11.4. The monoisotopic (exact) mass is 316 g/mol. The molecule has 1 aliphatic rings. The van der Waals surface area contributed by atoms with E-state index in [1.165, 1.54) is 0 Å². The van der Waals surface area contributed by atoms with E-state index in [-0.39, 0.29) is 11.7 Å². The van der Waals surface area contributed by atoms with E-state index in [0.717, 1.165) is 25.7 Å². The molecule has 0 spiro atoms. The van der Waals surface area contributed by atoms with Crippen molar-refractivity contribution in [2.45, 2.75) is 58.2 Å². The van der Waals surface area contributed by atoms with Gasteiger partial charge in [0.15, 0.2) is 0 Å². The molecule has 1 saturated carbocycles. The summed E-state index contributed by atoms with van der Waals surface area (Å²) >= 11 is 0. The summed E-state index contributed by atoms with van der Waals surface area (Å²) in [5, 5.41) is 0. The van der Waals surface area contributed by atoms with Gasteiger partial charge in [-0.05, 0) is 25.7 Å². The molecule has 22 heavy (non-hydrogen) atoms. The number of methoxy groups -OCH3 is 1. The number of Topliss-reactive ketones (excluding diaryl/α,β-unsaturated/α-hetero) is 1. The van der Waals surface area contributed by atoms with Crippen molar-refractivity contribution in [3.63, 3.8) is 0 Å². The molecule has 0 radical (unpaired) electrons. The Kier molecular flexibility index (Phi) is 10.7. The molecule has 1 aliphatic carbocycles. The van der Waals surface area contributed by atoms with Gasteiger partial charge < -0.3 is 18.9 Å². The van der Waals surface area contributed by atoms with E-state index in [0.29, 0.717) is 51.7 Å². The van der Waals surface area contributed by atoms with Crippen LogP contribution in [0.15, 0.2) is 0 Å². The minimum Gasteiger partial charge on any atom is -0.381 e. The summed E-state index contributed by atoms with van der Waals surface area (Å²) in [6.07, 6.45) is 5.59. The van der Waals surface area contributed by atoms with Gasteiger partial charge in [0.25, 0.3) is 0 Å². The average Bonchev–Trinajstić information content (AvgIpc) is 2.53. The third kappa shape index (κ3) is 8.83. The molecule has 130 valence electrons. The van der Waals surface area contributed by atoms with Crippen molar-refractivity contribution in [3.05, 3.63) is 0 Å². The largest absolute Gasteiger partial charge is 0.381 e. The molecule has 5 nitrogen and oxygen atoms in total. The van der Waals surface area contributed by atoms with Crippen molar-refractivity contribution in [2.24, 2.45) is 5.92 Å². The number of ketones is 1. The van der Waals surface area contributed by atoms with Gasteiger partial charge in [-0.1, -0.05) is 13.8 Å². The lowest BCUT2D eigenvalue weighted by Crippen LogP contribution is -2.26. The van der Waals surface area contributed by atoms with Crippen LogP contribution in [-0.2, 0) is 23.7 Å². The van der Waals surface area contributed by atoms with Crippen LogP contribution in [0.4, 0.5) is 0 Å². The normalized spacial score (nSPS) is 22.2. The van der Waals surface area contributed by atoms with Crippen LogP contribution in [-0.4, -0.2) is 58.1 Å². The van der Waals surface area contributed by atoms with Crippen LogP contribution in [0, 0.1) is 5.92 Å². The first kappa shape index (κ1) is 19.6. The van der Waals surface area contributed by atoms with E-state index < -0.39 is 0 Å². The van der Waals surface area contributed by atoms with Crippen LogP contribution in [0.3, 0.4) is 0 Å². The SMILES string of the molecule is COC1CCC(OCCOCCOCCC(=O)C(C)C)CC1. The first-order valence-electron chi connectivity index (χ1n) is 8.46. The van der Waals surface area contributed by atoms with E-state index in [4.69, 9.17) is 18.9 Å². The second-order valence-electron chi connectivity index (χ2n) is 6.10. The maximum absolute atomic E-state index is 11.4. The fourth-order valence-electron chi connectivity index (χ4n) is 2.49. The van der Waals surface area contributed by atoms with Crippen LogP contribution >= 0.6 is 0 Å². The number of ether oxygens (including phenoxy) is 4. The van der Waals surface area contributed by atoms with Crippen molar-refractivity contribution in [1.29, 1.82) is 0 Å². The Morgan fingerprint density at radius 3 is 2.05 bits per heavy atom. The van der Waals surface area contributed by atoms with Crippen molar-refractivity contribution in [3.8, 4) is 0 Å². The maximum atomic E-state index is 11.4. The average molecular weight is 316 g/mol. The lowest BCUT2D eigenvalue weighted by molar-refractivity contribution is -0.123. The van der Waals surface area contributed by atoms with Gasteiger partial charge >= 0.3 is 0 Å². The van der Waals surface area contributed by atoms with Gasteiger partial charge in [-0.15, -0.1) is 0 Å². The molecule has 0 aromatic carbocycles. The molecule has 0 saturated heterocycles. The molecule has 0 aromatic rings. The molecule has 0 aliphatic heterocycles. The number of rotatable bonds is 12. The first-order chi connectivity index (χ1) is 10.6. The Bertz CT molecular complexity index is 285. The number of carbonyl (C=O) groups is 1. The molecule has 0 N–H and O–H groups in total. The predicted octanol–water partition coefficient (Wildman–Crippen LogP) is 2.61. The Morgan fingerprint density at radius 1 is 0.909 bits per heavy atom. The third-order valence-corrected chi connectivity index (χ3v) is 4.04. The van der Waals surface area contributed by atoms with E-state index in [9.17, 15) is 4.79 Å².